The van der Waals surface area contributed by atoms with Crippen LogP contribution in [0, 0.1) is 5.92 Å². The number of benzene rings is 1. The molecule has 27 heavy (non-hydrogen) atoms. The van der Waals surface area contributed by atoms with E-state index in [2.05, 4.69) is 36.5 Å². The Labute approximate surface area is 169 Å². The SMILES string of the molecule is CN=C(NCCC(=O)Nc1ccc(Br)cc1)N1CCC(COCCOC)C1. The predicted octanol–water partition coefficient (Wildman–Crippen LogP) is 2.34. The lowest BCUT2D eigenvalue weighted by atomic mass is 10.1. The Morgan fingerprint density at radius 1 is 1.33 bits per heavy atom. The molecule has 0 saturated carbocycles. The van der Waals surface area contributed by atoms with Crippen molar-refractivity contribution in [3.8, 4) is 0 Å². The summed E-state index contributed by atoms with van der Waals surface area (Å²) < 4.78 is 11.6. The lowest BCUT2D eigenvalue weighted by molar-refractivity contribution is -0.116. The van der Waals surface area contributed by atoms with Crippen LogP contribution >= 0.6 is 15.9 Å². The Hall–Kier alpha value is -1.64. The number of amides is 1. The number of halogens is 1. The van der Waals surface area contributed by atoms with Gasteiger partial charge in [0, 0.05) is 56.3 Å². The molecule has 1 aliphatic rings. The standard InChI is InChI=1S/C19H29BrN4O3/c1-21-19(24-10-8-15(13-24)14-27-12-11-26-2)22-9-7-18(25)23-17-5-3-16(20)4-6-17/h3-6,15H,7-14H2,1-2H3,(H,21,22)(H,23,25). The molecule has 1 aromatic carbocycles. The maximum Gasteiger partial charge on any atom is 0.226 e. The van der Waals surface area contributed by atoms with Crippen molar-refractivity contribution < 1.29 is 14.3 Å². The third kappa shape index (κ3) is 7.86. The molecule has 1 atom stereocenters. The summed E-state index contributed by atoms with van der Waals surface area (Å²) in [4.78, 5) is 18.6. The number of methoxy groups -OCH3 is 1. The lowest BCUT2D eigenvalue weighted by Crippen LogP contribution is -2.41. The van der Waals surface area contributed by atoms with Crippen LogP contribution in [0.1, 0.15) is 12.8 Å². The molecule has 1 aromatic rings. The highest BCUT2D eigenvalue weighted by Crippen LogP contribution is 2.17. The van der Waals surface area contributed by atoms with E-state index < -0.39 is 0 Å². The van der Waals surface area contributed by atoms with Gasteiger partial charge < -0.3 is 25.0 Å². The van der Waals surface area contributed by atoms with Gasteiger partial charge in [-0.2, -0.15) is 0 Å². The molecule has 1 heterocycles. The van der Waals surface area contributed by atoms with Gasteiger partial charge in [-0.15, -0.1) is 0 Å². The average molecular weight is 441 g/mol. The molecule has 0 aromatic heterocycles. The molecule has 1 saturated heterocycles. The smallest absolute Gasteiger partial charge is 0.226 e. The van der Waals surface area contributed by atoms with E-state index in [1.54, 1.807) is 14.2 Å². The number of carbonyl (C=O) groups excluding carboxylic acids is 1. The minimum Gasteiger partial charge on any atom is -0.382 e. The van der Waals surface area contributed by atoms with Crippen LogP contribution in [0.15, 0.2) is 33.7 Å². The number of hydrogen-bond donors (Lipinski definition) is 2. The molecular formula is C19H29BrN4O3. The Kier molecular flexibility index (Phi) is 9.58. The van der Waals surface area contributed by atoms with E-state index in [9.17, 15) is 4.79 Å². The number of ether oxygens (including phenoxy) is 2. The highest BCUT2D eigenvalue weighted by Gasteiger charge is 2.24. The van der Waals surface area contributed by atoms with Crippen LogP contribution in [-0.4, -0.2) is 70.4 Å². The number of nitrogens with one attached hydrogen (secondary N) is 2. The van der Waals surface area contributed by atoms with Gasteiger partial charge >= 0.3 is 0 Å². The Bertz CT molecular complexity index is 609. The van der Waals surface area contributed by atoms with E-state index in [4.69, 9.17) is 9.47 Å². The number of aliphatic imine (C=N–C) groups is 1. The van der Waals surface area contributed by atoms with Crippen LogP contribution in [0.3, 0.4) is 0 Å². The Morgan fingerprint density at radius 3 is 2.81 bits per heavy atom. The van der Waals surface area contributed by atoms with Crippen LogP contribution in [-0.2, 0) is 14.3 Å². The summed E-state index contributed by atoms with van der Waals surface area (Å²) in [6, 6.07) is 7.54. The van der Waals surface area contributed by atoms with E-state index in [1.165, 1.54) is 0 Å². The molecule has 0 aliphatic carbocycles. The lowest BCUT2D eigenvalue weighted by Gasteiger charge is -2.21. The van der Waals surface area contributed by atoms with E-state index in [0.717, 1.165) is 42.2 Å². The number of rotatable bonds is 9. The molecule has 0 spiro atoms. The van der Waals surface area contributed by atoms with Crippen LogP contribution in [0.4, 0.5) is 5.69 Å². The van der Waals surface area contributed by atoms with Crippen molar-refractivity contribution >= 4 is 33.5 Å². The van der Waals surface area contributed by atoms with Gasteiger partial charge in [0.25, 0.3) is 0 Å². The number of nitrogens with zero attached hydrogens (tertiary/aromatic N) is 2. The molecule has 0 radical (unpaired) electrons. The number of likely N-dealkylation sites (tertiary alicyclic amines) is 1. The first-order chi connectivity index (χ1) is 13.1. The molecule has 1 amide bonds. The molecule has 1 unspecified atom stereocenters. The maximum absolute atomic E-state index is 12.1. The zero-order valence-electron chi connectivity index (χ0n) is 16.0. The second kappa shape index (κ2) is 11.9. The molecule has 1 aliphatic heterocycles. The Morgan fingerprint density at radius 2 is 2.11 bits per heavy atom. The van der Waals surface area contributed by atoms with Crippen molar-refractivity contribution in [2.75, 3.05) is 58.9 Å². The minimum absolute atomic E-state index is 0.0221. The quantitative estimate of drug-likeness (QED) is 0.350. The number of carbonyl (C=O) groups is 1. The third-order valence-corrected chi connectivity index (χ3v) is 4.87. The van der Waals surface area contributed by atoms with Crippen LogP contribution in [0.25, 0.3) is 0 Å². The summed E-state index contributed by atoms with van der Waals surface area (Å²) in [5.41, 5.74) is 0.795. The van der Waals surface area contributed by atoms with Gasteiger partial charge in [-0.25, -0.2) is 0 Å². The van der Waals surface area contributed by atoms with Gasteiger partial charge in [0.15, 0.2) is 5.96 Å². The fourth-order valence-corrected chi connectivity index (χ4v) is 3.19. The zero-order valence-corrected chi connectivity index (χ0v) is 17.6. The molecule has 2 N–H and O–H groups in total. The second-order valence-electron chi connectivity index (χ2n) is 6.45. The summed E-state index contributed by atoms with van der Waals surface area (Å²) >= 11 is 3.38. The summed E-state index contributed by atoms with van der Waals surface area (Å²) in [5.74, 6) is 1.32. The topological polar surface area (TPSA) is 75.2 Å². The first-order valence-electron chi connectivity index (χ1n) is 9.20. The highest BCUT2D eigenvalue weighted by molar-refractivity contribution is 9.10. The summed E-state index contributed by atoms with van der Waals surface area (Å²) in [6.45, 7) is 4.41. The molecule has 0 bridgehead atoms. The highest BCUT2D eigenvalue weighted by atomic mass is 79.9. The summed E-state index contributed by atoms with van der Waals surface area (Å²) in [6.07, 6.45) is 1.46. The largest absolute Gasteiger partial charge is 0.382 e. The normalized spacial score (nSPS) is 17.2. The minimum atomic E-state index is -0.0221. The van der Waals surface area contributed by atoms with Crippen molar-refractivity contribution in [1.29, 1.82) is 0 Å². The van der Waals surface area contributed by atoms with Crippen molar-refractivity contribution in [1.82, 2.24) is 10.2 Å². The van der Waals surface area contributed by atoms with E-state index >= 15 is 0 Å². The Balaban J connectivity index is 1.66. The van der Waals surface area contributed by atoms with Gasteiger partial charge in [0.2, 0.25) is 5.91 Å². The fourth-order valence-electron chi connectivity index (χ4n) is 2.93. The molecule has 150 valence electrons. The van der Waals surface area contributed by atoms with E-state index in [-0.39, 0.29) is 5.91 Å². The third-order valence-electron chi connectivity index (χ3n) is 4.35. The number of guanidine groups is 1. The van der Waals surface area contributed by atoms with Gasteiger partial charge in [0.1, 0.15) is 0 Å². The molecule has 7 nitrogen and oxygen atoms in total. The predicted molar refractivity (Wildman–Crippen MR) is 111 cm³/mol. The van der Waals surface area contributed by atoms with Crippen molar-refractivity contribution in [2.45, 2.75) is 12.8 Å². The first kappa shape index (κ1) is 21.7. The van der Waals surface area contributed by atoms with Crippen molar-refractivity contribution in [2.24, 2.45) is 10.9 Å². The fraction of sp³-hybridized carbons (Fsp3) is 0.579. The van der Waals surface area contributed by atoms with Crippen molar-refractivity contribution in [3.05, 3.63) is 28.7 Å². The maximum atomic E-state index is 12.1. The zero-order chi connectivity index (χ0) is 19.5. The van der Waals surface area contributed by atoms with Gasteiger partial charge in [-0.3, -0.25) is 9.79 Å². The summed E-state index contributed by atoms with van der Waals surface area (Å²) in [5, 5.41) is 6.17. The first-order valence-corrected chi connectivity index (χ1v) is 9.99. The van der Waals surface area contributed by atoms with Gasteiger partial charge in [-0.1, -0.05) is 15.9 Å². The van der Waals surface area contributed by atoms with Crippen LogP contribution in [0.2, 0.25) is 0 Å². The van der Waals surface area contributed by atoms with Crippen LogP contribution in [0.5, 0.6) is 0 Å². The van der Waals surface area contributed by atoms with Gasteiger partial charge in [-0.05, 0) is 30.7 Å². The van der Waals surface area contributed by atoms with Crippen molar-refractivity contribution in [3.63, 3.8) is 0 Å². The van der Waals surface area contributed by atoms with E-state index in [0.29, 0.717) is 32.1 Å². The molecular weight excluding hydrogens is 412 g/mol. The van der Waals surface area contributed by atoms with E-state index in [1.807, 2.05) is 24.3 Å². The molecule has 8 heteroatoms. The summed E-state index contributed by atoms with van der Waals surface area (Å²) in [7, 11) is 3.45. The van der Waals surface area contributed by atoms with Crippen LogP contribution < -0.4 is 10.6 Å². The average Bonchev–Trinajstić information content (AvgIpc) is 3.13. The number of hydrogen-bond acceptors (Lipinski definition) is 4. The molecule has 1 fully saturated rings. The monoisotopic (exact) mass is 440 g/mol. The second-order valence-corrected chi connectivity index (χ2v) is 7.36. The number of anilines is 1. The van der Waals surface area contributed by atoms with Gasteiger partial charge in [0.05, 0.1) is 19.8 Å². The molecule has 2 rings (SSSR count).